The Bertz CT molecular complexity index is 508. The molecule has 2 heterocycles. The van der Waals surface area contributed by atoms with Gasteiger partial charge in [0.2, 0.25) is 11.8 Å². The molecule has 22 heavy (non-hydrogen) atoms. The first-order valence-electron chi connectivity index (χ1n) is 8.25. The van der Waals surface area contributed by atoms with Crippen molar-refractivity contribution in [1.29, 1.82) is 0 Å². The number of likely N-dealkylation sites (tertiary alicyclic amines) is 1. The van der Waals surface area contributed by atoms with E-state index in [0.29, 0.717) is 18.9 Å². The van der Waals surface area contributed by atoms with Gasteiger partial charge in [-0.25, -0.2) is 0 Å². The summed E-state index contributed by atoms with van der Waals surface area (Å²) in [4.78, 5) is 26.0. The number of carbonyl (C=O) groups excluding carboxylic acids is 2. The fourth-order valence-corrected chi connectivity index (χ4v) is 3.54. The highest BCUT2D eigenvalue weighted by Crippen LogP contribution is 2.26. The molecule has 1 unspecified atom stereocenters. The summed E-state index contributed by atoms with van der Waals surface area (Å²) in [5.41, 5.74) is 0. The predicted molar refractivity (Wildman–Crippen MR) is 81.9 cm³/mol. The van der Waals surface area contributed by atoms with Crippen LogP contribution in [0, 0.1) is 5.92 Å². The monoisotopic (exact) mass is 304 g/mol. The highest BCUT2D eigenvalue weighted by atomic mass is 16.2. The Kier molecular flexibility index (Phi) is 4.75. The van der Waals surface area contributed by atoms with Crippen LogP contribution in [0.2, 0.25) is 0 Å². The van der Waals surface area contributed by atoms with Crippen molar-refractivity contribution in [2.24, 2.45) is 5.92 Å². The van der Waals surface area contributed by atoms with E-state index in [1.54, 1.807) is 23.1 Å². The van der Waals surface area contributed by atoms with Crippen LogP contribution in [0.5, 0.6) is 0 Å². The van der Waals surface area contributed by atoms with E-state index in [1.807, 2.05) is 4.90 Å². The number of aromatic nitrogens is 2. The molecule has 1 aromatic heterocycles. The van der Waals surface area contributed by atoms with E-state index < -0.39 is 0 Å². The number of hydrogen-bond donors (Lipinski definition) is 1. The quantitative estimate of drug-likeness (QED) is 0.888. The maximum Gasteiger partial charge on any atom is 0.242 e. The van der Waals surface area contributed by atoms with E-state index in [1.165, 1.54) is 32.1 Å². The Balaban J connectivity index is 1.45. The number of amides is 2. The molecule has 0 bridgehead atoms. The van der Waals surface area contributed by atoms with Gasteiger partial charge in [0, 0.05) is 31.9 Å². The molecular weight excluding hydrogens is 280 g/mol. The van der Waals surface area contributed by atoms with E-state index in [-0.39, 0.29) is 24.4 Å². The lowest BCUT2D eigenvalue weighted by atomic mass is 9.89. The third-order valence-electron chi connectivity index (χ3n) is 4.65. The first-order chi connectivity index (χ1) is 10.7. The summed E-state index contributed by atoms with van der Waals surface area (Å²) in [7, 11) is 0. The molecule has 1 N–H and O–H groups in total. The second-order valence-electron chi connectivity index (χ2n) is 6.47. The first-order valence-corrected chi connectivity index (χ1v) is 8.25. The molecule has 0 aromatic carbocycles. The van der Waals surface area contributed by atoms with Crippen molar-refractivity contribution in [3.05, 3.63) is 18.5 Å². The molecule has 1 saturated heterocycles. The van der Waals surface area contributed by atoms with Gasteiger partial charge in [0.1, 0.15) is 6.54 Å². The van der Waals surface area contributed by atoms with Crippen LogP contribution in [-0.4, -0.2) is 45.6 Å². The second kappa shape index (κ2) is 6.94. The lowest BCUT2D eigenvalue weighted by molar-refractivity contribution is -0.128. The topological polar surface area (TPSA) is 67.2 Å². The van der Waals surface area contributed by atoms with Gasteiger partial charge >= 0.3 is 0 Å². The Labute approximate surface area is 130 Å². The summed E-state index contributed by atoms with van der Waals surface area (Å²) < 4.78 is 1.59. The molecule has 1 aliphatic carbocycles. The highest BCUT2D eigenvalue weighted by Gasteiger charge is 2.32. The van der Waals surface area contributed by atoms with Gasteiger partial charge in [-0.05, 0) is 24.8 Å². The maximum atomic E-state index is 12.1. The molecule has 0 spiro atoms. The van der Waals surface area contributed by atoms with E-state index in [9.17, 15) is 9.59 Å². The summed E-state index contributed by atoms with van der Waals surface area (Å²) in [5, 5.41) is 6.97. The van der Waals surface area contributed by atoms with Gasteiger partial charge in [0.25, 0.3) is 0 Å². The Morgan fingerprint density at radius 1 is 1.32 bits per heavy atom. The molecule has 0 radical (unpaired) electrons. The number of hydrogen-bond acceptors (Lipinski definition) is 3. The van der Waals surface area contributed by atoms with Gasteiger partial charge in [-0.1, -0.05) is 19.3 Å². The van der Waals surface area contributed by atoms with Crippen LogP contribution in [0.1, 0.15) is 38.5 Å². The van der Waals surface area contributed by atoms with Crippen molar-refractivity contribution in [1.82, 2.24) is 20.0 Å². The number of nitrogens with zero attached hydrogens (tertiary/aromatic N) is 3. The Morgan fingerprint density at radius 2 is 2.14 bits per heavy atom. The standard InChI is InChI=1S/C16H24N4O2/c21-15(12-20-8-4-7-17-20)18-14-9-16(22)19(11-14)10-13-5-2-1-3-6-13/h4,7-8,13-14H,1-3,5-6,9-12H2,(H,18,21). The maximum absolute atomic E-state index is 12.1. The van der Waals surface area contributed by atoms with Crippen molar-refractivity contribution in [3.63, 3.8) is 0 Å². The molecule has 2 amide bonds. The number of carbonyl (C=O) groups is 2. The molecule has 2 fully saturated rings. The molecule has 3 rings (SSSR count). The minimum atomic E-state index is -0.0824. The second-order valence-corrected chi connectivity index (χ2v) is 6.47. The van der Waals surface area contributed by atoms with Crippen LogP contribution >= 0.6 is 0 Å². The van der Waals surface area contributed by atoms with Crippen LogP contribution in [0.25, 0.3) is 0 Å². The molecule has 6 nitrogen and oxygen atoms in total. The third-order valence-corrected chi connectivity index (χ3v) is 4.65. The summed E-state index contributed by atoms with van der Waals surface area (Å²) in [6, 6.07) is 1.73. The highest BCUT2D eigenvalue weighted by molar-refractivity contribution is 5.82. The fraction of sp³-hybridized carbons (Fsp3) is 0.688. The molecule has 1 saturated carbocycles. The summed E-state index contributed by atoms with van der Waals surface area (Å²) in [5.74, 6) is 0.743. The van der Waals surface area contributed by atoms with Crippen LogP contribution in [-0.2, 0) is 16.1 Å². The average Bonchev–Trinajstić information content (AvgIpc) is 3.11. The smallest absolute Gasteiger partial charge is 0.242 e. The Morgan fingerprint density at radius 3 is 2.86 bits per heavy atom. The van der Waals surface area contributed by atoms with Crippen molar-refractivity contribution in [2.75, 3.05) is 13.1 Å². The first kappa shape index (κ1) is 15.1. The van der Waals surface area contributed by atoms with Crippen LogP contribution < -0.4 is 5.32 Å². The molecular formula is C16H24N4O2. The zero-order valence-electron chi connectivity index (χ0n) is 12.9. The zero-order valence-corrected chi connectivity index (χ0v) is 12.9. The predicted octanol–water partition coefficient (Wildman–Crippen LogP) is 1.18. The van der Waals surface area contributed by atoms with E-state index >= 15 is 0 Å². The van der Waals surface area contributed by atoms with Gasteiger partial charge in [0.15, 0.2) is 0 Å². The average molecular weight is 304 g/mol. The summed E-state index contributed by atoms with van der Waals surface area (Å²) in [6.07, 6.45) is 10.2. The van der Waals surface area contributed by atoms with Gasteiger partial charge in [-0.3, -0.25) is 14.3 Å². The molecule has 2 aliphatic rings. The van der Waals surface area contributed by atoms with Crippen molar-refractivity contribution >= 4 is 11.8 Å². The third kappa shape index (κ3) is 3.87. The SMILES string of the molecule is O=C(Cn1cccn1)NC1CC(=O)N(CC2CCCCC2)C1. The lowest BCUT2D eigenvalue weighted by Crippen LogP contribution is -2.39. The van der Waals surface area contributed by atoms with Crippen molar-refractivity contribution in [2.45, 2.75) is 51.1 Å². The Hall–Kier alpha value is -1.85. The normalized spacial score (nSPS) is 23.0. The van der Waals surface area contributed by atoms with E-state index in [2.05, 4.69) is 10.4 Å². The van der Waals surface area contributed by atoms with Gasteiger partial charge < -0.3 is 10.2 Å². The van der Waals surface area contributed by atoms with Gasteiger partial charge in [0.05, 0.1) is 6.04 Å². The number of rotatable bonds is 5. The largest absolute Gasteiger partial charge is 0.349 e. The summed E-state index contributed by atoms with van der Waals surface area (Å²) in [6.45, 7) is 1.73. The minimum Gasteiger partial charge on any atom is -0.349 e. The van der Waals surface area contributed by atoms with Gasteiger partial charge in [-0.2, -0.15) is 5.10 Å². The van der Waals surface area contributed by atoms with Crippen molar-refractivity contribution in [3.8, 4) is 0 Å². The van der Waals surface area contributed by atoms with Crippen LogP contribution in [0.3, 0.4) is 0 Å². The summed E-state index contributed by atoms with van der Waals surface area (Å²) >= 11 is 0. The molecule has 120 valence electrons. The van der Waals surface area contributed by atoms with Crippen LogP contribution in [0.4, 0.5) is 0 Å². The van der Waals surface area contributed by atoms with Crippen molar-refractivity contribution < 1.29 is 9.59 Å². The van der Waals surface area contributed by atoms with Crippen LogP contribution in [0.15, 0.2) is 18.5 Å². The fourth-order valence-electron chi connectivity index (χ4n) is 3.54. The number of nitrogens with one attached hydrogen (secondary N) is 1. The minimum absolute atomic E-state index is 0.0563. The van der Waals surface area contributed by atoms with Gasteiger partial charge in [-0.15, -0.1) is 0 Å². The van der Waals surface area contributed by atoms with E-state index in [4.69, 9.17) is 0 Å². The molecule has 1 aliphatic heterocycles. The molecule has 1 aromatic rings. The zero-order chi connectivity index (χ0) is 15.4. The molecule has 6 heteroatoms. The van der Waals surface area contributed by atoms with E-state index in [0.717, 1.165) is 6.54 Å². The molecule has 1 atom stereocenters. The lowest BCUT2D eigenvalue weighted by Gasteiger charge is -2.27.